The number of rotatable bonds is 6. The highest BCUT2D eigenvalue weighted by Gasteiger charge is 2.13. The smallest absolute Gasteiger partial charge is 0.265 e. The molecular formula is C22H20ClN3O3S. The Hall–Kier alpha value is -3.16. The van der Waals surface area contributed by atoms with Gasteiger partial charge in [-0.2, -0.15) is 0 Å². The Morgan fingerprint density at radius 2 is 1.57 bits per heavy atom. The highest BCUT2D eigenvalue weighted by Crippen LogP contribution is 2.24. The molecule has 0 radical (unpaired) electrons. The largest absolute Gasteiger partial charge is 0.350 e. The quantitative estimate of drug-likeness (QED) is 0.500. The molecule has 0 spiro atoms. The molecule has 30 heavy (non-hydrogen) atoms. The van der Waals surface area contributed by atoms with E-state index in [1.54, 1.807) is 48.5 Å². The van der Waals surface area contributed by atoms with Crippen molar-refractivity contribution >= 4 is 52.0 Å². The maximum atomic E-state index is 12.6. The molecule has 3 aromatic rings. The van der Waals surface area contributed by atoms with Gasteiger partial charge in [-0.05, 0) is 67.8 Å². The molecule has 3 amide bonds. The Morgan fingerprint density at radius 3 is 2.20 bits per heavy atom. The van der Waals surface area contributed by atoms with Crippen LogP contribution in [0, 0.1) is 0 Å². The number of thiophene rings is 1. The predicted octanol–water partition coefficient (Wildman–Crippen LogP) is 5.04. The van der Waals surface area contributed by atoms with E-state index in [4.69, 9.17) is 11.6 Å². The first-order valence-corrected chi connectivity index (χ1v) is 10.5. The minimum Gasteiger partial charge on any atom is -0.350 e. The van der Waals surface area contributed by atoms with Crippen LogP contribution >= 0.6 is 22.9 Å². The summed E-state index contributed by atoms with van der Waals surface area (Å²) < 4.78 is 0. The zero-order valence-corrected chi connectivity index (χ0v) is 17.9. The maximum absolute atomic E-state index is 12.6. The fourth-order valence-corrected chi connectivity index (χ4v) is 3.39. The van der Waals surface area contributed by atoms with Crippen LogP contribution in [0.4, 0.5) is 11.4 Å². The summed E-state index contributed by atoms with van der Waals surface area (Å²) in [5.74, 6) is -0.831. The molecule has 0 bridgehead atoms. The summed E-state index contributed by atoms with van der Waals surface area (Å²) in [7, 11) is 0. The lowest BCUT2D eigenvalue weighted by Crippen LogP contribution is -2.30. The van der Waals surface area contributed by atoms with Crippen LogP contribution in [0.3, 0.4) is 0 Å². The van der Waals surface area contributed by atoms with Gasteiger partial charge in [0, 0.05) is 22.9 Å². The molecule has 0 saturated heterocycles. The van der Waals surface area contributed by atoms with Crippen molar-refractivity contribution in [2.75, 3.05) is 10.6 Å². The van der Waals surface area contributed by atoms with E-state index in [-0.39, 0.29) is 23.8 Å². The molecule has 8 heteroatoms. The van der Waals surface area contributed by atoms with Crippen LogP contribution < -0.4 is 16.0 Å². The fraction of sp³-hybridized carbons (Fsp3) is 0.136. The van der Waals surface area contributed by atoms with Crippen molar-refractivity contribution in [2.24, 2.45) is 0 Å². The monoisotopic (exact) mass is 441 g/mol. The summed E-state index contributed by atoms with van der Waals surface area (Å²) in [6.45, 7) is 3.73. The number of carbonyl (C=O) groups is 3. The van der Waals surface area contributed by atoms with E-state index in [0.717, 1.165) is 0 Å². The summed E-state index contributed by atoms with van der Waals surface area (Å²) in [5.41, 5.74) is 1.70. The summed E-state index contributed by atoms with van der Waals surface area (Å²) in [6.07, 6.45) is 0. The molecule has 6 nitrogen and oxygen atoms in total. The SMILES string of the molecule is CC(C)NC(=O)c1ccc(Cl)c(NC(=O)c2ccc(NC(=O)c3cccs3)cc2)c1. The molecule has 3 N–H and O–H groups in total. The van der Waals surface area contributed by atoms with Crippen LogP contribution in [0.25, 0.3) is 0 Å². The summed E-state index contributed by atoms with van der Waals surface area (Å²) >= 11 is 7.53. The Kier molecular flexibility index (Phi) is 6.87. The third kappa shape index (κ3) is 5.46. The molecule has 0 aliphatic carbocycles. The number of anilines is 2. The first-order valence-electron chi connectivity index (χ1n) is 9.20. The number of hydrogen-bond acceptors (Lipinski definition) is 4. The maximum Gasteiger partial charge on any atom is 0.265 e. The van der Waals surface area contributed by atoms with Crippen molar-refractivity contribution in [1.29, 1.82) is 0 Å². The second kappa shape index (κ2) is 9.56. The highest BCUT2D eigenvalue weighted by atomic mass is 35.5. The number of carbonyl (C=O) groups excluding carboxylic acids is 3. The Bertz CT molecular complexity index is 1060. The van der Waals surface area contributed by atoms with Gasteiger partial charge in [0.25, 0.3) is 17.7 Å². The van der Waals surface area contributed by atoms with Gasteiger partial charge in [-0.1, -0.05) is 17.7 Å². The zero-order chi connectivity index (χ0) is 21.7. The molecule has 0 fully saturated rings. The van der Waals surface area contributed by atoms with Crippen LogP contribution in [0.1, 0.15) is 44.2 Å². The van der Waals surface area contributed by atoms with Gasteiger partial charge in [-0.3, -0.25) is 14.4 Å². The summed E-state index contributed by atoms with van der Waals surface area (Å²) in [6, 6.07) is 14.7. The Labute approximate surface area is 183 Å². The number of benzene rings is 2. The topological polar surface area (TPSA) is 87.3 Å². The standard InChI is InChI=1S/C22H20ClN3O3S/c1-13(2)24-21(28)15-7-10-17(23)18(12-15)26-20(27)14-5-8-16(9-6-14)25-22(29)19-4-3-11-30-19/h3-13H,1-2H3,(H,24,28)(H,25,29)(H,26,27). The van der Waals surface area contributed by atoms with E-state index in [2.05, 4.69) is 16.0 Å². The normalized spacial score (nSPS) is 10.5. The molecule has 1 aromatic heterocycles. The molecule has 0 aliphatic heterocycles. The minimum absolute atomic E-state index is 0.00922. The van der Waals surface area contributed by atoms with Crippen molar-refractivity contribution < 1.29 is 14.4 Å². The molecular weight excluding hydrogens is 422 g/mol. The first kappa shape index (κ1) is 21.5. The van der Waals surface area contributed by atoms with Crippen molar-refractivity contribution in [1.82, 2.24) is 5.32 Å². The van der Waals surface area contributed by atoms with Gasteiger partial charge in [0.05, 0.1) is 15.6 Å². The number of halogens is 1. The van der Waals surface area contributed by atoms with E-state index in [9.17, 15) is 14.4 Å². The van der Waals surface area contributed by atoms with E-state index in [1.807, 2.05) is 19.2 Å². The molecule has 0 atom stereocenters. The van der Waals surface area contributed by atoms with Crippen LogP contribution in [0.2, 0.25) is 5.02 Å². The highest BCUT2D eigenvalue weighted by molar-refractivity contribution is 7.12. The summed E-state index contributed by atoms with van der Waals surface area (Å²) in [4.78, 5) is 37.5. The second-order valence-electron chi connectivity index (χ2n) is 6.79. The van der Waals surface area contributed by atoms with Crippen molar-refractivity contribution in [2.45, 2.75) is 19.9 Å². The van der Waals surface area contributed by atoms with Gasteiger partial charge in [0.1, 0.15) is 0 Å². The number of amides is 3. The van der Waals surface area contributed by atoms with E-state index >= 15 is 0 Å². The van der Waals surface area contributed by atoms with E-state index in [0.29, 0.717) is 32.4 Å². The van der Waals surface area contributed by atoms with Crippen LogP contribution in [0.5, 0.6) is 0 Å². The molecule has 3 rings (SSSR count). The lowest BCUT2D eigenvalue weighted by atomic mass is 10.1. The fourth-order valence-electron chi connectivity index (χ4n) is 2.61. The van der Waals surface area contributed by atoms with Crippen LogP contribution in [0.15, 0.2) is 60.0 Å². The zero-order valence-electron chi connectivity index (χ0n) is 16.4. The van der Waals surface area contributed by atoms with E-state index in [1.165, 1.54) is 17.4 Å². The van der Waals surface area contributed by atoms with Gasteiger partial charge in [-0.15, -0.1) is 11.3 Å². The molecule has 154 valence electrons. The lowest BCUT2D eigenvalue weighted by molar-refractivity contribution is 0.0941. The third-order valence-corrected chi connectivity index (χ3v) is 5.24. The van der Waals surface area contributed by atoms with Gasteiger partial charge in [0.2, 0.25) is 0 Å². The minimum atomic E-state index is -0.380. The third-order valence-electron chi connectivity index (χ3n) is 4.05. The summed E-state index contributed by atoms with van der Waals surface area (Å²) in [5, 5.41) is 10.4. The molecule has 0 saturated carbocycles. The van der Waals surface area contributed by atoms with Gasteiger partial charge in [0.15, 0.2) is 0 Å². The van der Waals surface area contributed by atoms with Crippen LogP contribution in [-0.2, 0) is 0 Å². The van der Waals surface area contributed by atoms with Crippen molar-refractivity contribution in [3.05, 3.63) is 81.0 Å². The lowest BCUT2D eigenvalue weighted by Gasteiger charge is -2.12. The number of nitrogens with one attached hydrogen (secondary N) is 3. The van der Waals surface area contributed by atoms with E-state index < -0.39 is 0 Å². The molecule has 0 unspecified atom stereocenters. The Balaban J connectivity index is 1.68. The van der Waals surface area contributed by atoms with Crippen molar-refractivity contribution in [3.63, 3.8) is 0 Å². The predicted molar refractivity (Wildman–Crippen MR) is 121 cm³/mol. The number of hydrogen-bond donors (Lipinski definition) is 3. The molecule has 2 aromatic carbocycles. The second-order valence-corrected chi connectivity index (χ2v) is 8.14. The molecule has 1 heterocycles. The van der Waals surface area contributed by atoms with Crippen molar-refractivity contribution in [3.8, 4) is 0 Å². The molecule has 0 aliphatic rings. The van der Waals surface area contributed by atoms with Gasteiger partial charge < -0.3 is 16.0 Å². The van der Waals surface area contributed by atoms with Gasteiger partial charge >= 0.3 is 0 Å². The van der Waals surface area contributed by atoms with Crippen LogP contribution in [-0.4, -0.2) is 23.8 Å². The average Bonchev–Trinajstić information content (AvgIpc) is 3.24. The Morgan fingerprint density at radius 1 is 0.867 bits per heavy atom. The van der Waals surface area contributed by atoms with Gasteiger partial charge in [-0.25, -0.2) is 0 Å². The first-order chi connectivity index (χ1) is 14.3. The average molecular weight is 442 g/mol.